The van der Waals surface area contributed by atoms with Crippen LogP contribution in [0, 0.1) is 10.1 Å². The monoisotopic (exact) mass is 292 g/mol. The van der Waals surface area contributed by atoms with Gasteiger partial charge < -0.3 is 10.4 Å². The van der Waals surface area contributed by atoms with E-state index >= 15 is 0 Å². The molecule has 1 aromatic carbocycles. The van der Waals surface area contributed by atoms with Crippen molar-refractivity contribution < 1.29 is 14.8 Å². The minimum absolute atomic E-state index is 0.0123. The zero-order valence-corrected chi connectivity index (χ0v) is 11.9. The number of nitrogens with zero attached hydrogens (tertiary/aromatic N) is 1. The summed E-state index contributed by atoms with van der Waals surface area (Å²) in [6.07, 6.45) is 4.93. The lowest BCUT2D eigenvalue weighted by atomic mass is 9.82. The molecule has 114 valence electrons. The predicted molar refractivity (Wildman–Crippen MR) is 77.8 cm³/mol. The number of carbonyl (C=O) groups excluding carboxylic acids is 1. The van der Waals surface area contributed by atoms with Gasteiger partial charge in [-0.3, -0.25) is 14.9 Å². The highest BCUT2D eigenvalue weighted by Gasteiger charge is 2.32. The topological polar surface area (TPSA) is 92.5 Å². The summed E-state index contributed by atoms with van der Waals surface area (Å²) in [4.78, 5) is 22.2. The third-order valence-electron chi connectivity index (χ3n) is 4.03. The second kappa shape index (κ2) is 6.67. The van der Waals surface area contributed by atoms with Gasteiger partial charge in [0, 0.05) is 12.1 Å². The van der Waals surface area contributed by atoms with E-state index < -0.39 is 10.5 Å². The van der Waals surface area contributed by atoms with Crippen molar-refractivity contribution in [1.29, 1.82) is 0 Å². The number of nitro groups is 1. The largest absolute Gasteiger partial charge is 0.394 e. The molecule has 6 heteroatoms. The number of hydrogen-bond donors (Lipinski definition) is 2. The minimum Gasteiger partial charge on any atom is -0.394 e. The molecular formula is C15H20N2O4. The molecule has 0 bridgehead atoms. The lowest BCUT2D eigenvalue weighted by molar-refractivity contribution is -0.384. The Kier molecular flexibility index (Phi) is 4.90. The van der Waals surface area contributed by atoms with Gasteiger partial charge in [-0.15, -0.1) is 0 Å². The molecule has 1 aliphatic rings. The minimum atomic E-state index is -0.490. The number of aliphatic hydroxyl groups excluding tert-OH is 1. The van der Waals surface area contributed by atoms with Crippen LogP contribution in [0.1, 0.15) is 37.7 Å². The molecular weight excluding hydrogens is 272 g/mol. The van der Waals surface area contributed by atoms with E-state index in [1.807, 2.05) is 0 Å². The molecule has 0 aromatic heterocycles. The van der Waals surface area contributed by atoms with Crippen molar-refractivity contribution in [3.8, 4) is 0 Å². The first-order chi connectivity index (χ1) is 10.0. The van der Waals surface area contributed by atoms with Gasteiger partial charge in [0.25, 0.3) is 5.69 Å². The highest BCUT2D eigenvalue weighted by Crippen LogP contribution is 2.27. The van der Waals surface area contributed by atoms with Crippen LogP contribution in [0.25, 0.3) is 0 Å². The van der Waals surface area contributed by atoms with Gasteiger partial charge in [-0.25, -0.2) is 0 Å². The number of nitro benzene ring substituents is 1. The van der Waals surface area contributed by atoms with Crippen molar-refractivity contribution in [2.24, 2.45) is 0 Å². The molecule has 6 nitrogen and oxygen atoms in total. The molecule has 0 unspecified atom stereocenters. The third kappa shape index (κ3) is 4.01. The highest BCUT2D eigenvalue weighted by atomic mass is 16.6. The van der Waals surface area contributed by atoms with Crippen LogP contribution in [0.3, 0.4) is 0 Å². The van der Waals surface area contributed by atoms with Gasteiger partial charge in [0.1, 0.15) is 0 Å². The SMILES string of the molecule is O=C(Cc1ccc([N+](=O)[O-])cc1)NC1(CO)CCCCC1. The maximum Gasteiger partial charge on any atom is 0.269 e. The smallest absolute Gasteiger partial charge is 0.269 e. The van der Waals surface area contributed by atoms with Gasteiger partial charge in [-0.1, -0.05) is 31.4 Å². The van der Waals surface area contributed by atoms with Crippen molar-refractivity contribution in [3.05, 3.63) is 39.9 Å². The summed E-state index contributed by atoms with van der Waals surface area (Å²) in [6, 6.07) is 5.96. The molecule has 0 aliphatic heterocycles. The summed E-state index contributed by atoms with van der Waals surface area (Å²) >= 11 is 0. The molecule has 21 heavy (non-hydrogen) atoms. The first kappa shape index (κ1) is 15.4. The summed E-state index contributed by atoms with van der Waals surface area (Å²) in [5.41, 5.74) is 0.246. The number of aliphatic hydroxyl groups is 1. The molecule has 2 N–H and O–H groups in total. The molecule has 1 aliphatic carbocycles. The summed E-state index contributed by atoms with van der Waals surface area (Å²) < 4.78 is 0. The number of amides is 1. The van der Waals surface area contributed by atoms with Crippen LogP contribution in [0.5, 0.6) is 0 Å². The molecule has 0 saturated heterocycles. The molecule has 1 amide bonds. The van der Waals surface area contributed by atoms with Crippen LogP contribution < -0.4 is 5.32 Å². The molecule has 0 heterocycles. The van der Waals surface area contributed by atoms with E-state index in [9.17, 15) is 20.0 Å². The molecule has 2 rings (SSSR count). The number of nitrogens with one attached hydrogen (secondary N) is 1. The average Bonchev–Trinajstić information content (AvgIpc) is 2.48. The van der Waals surface area contributed by atoms with Crippen LogP contribution in [-0.4, -0.2) is 28.1 Å². The Labute approximate surface area is 123 Å². The van der Waals surface area contributed by atoms with Crippen molar-refractivity contribution in [2.45, 2.75) is 44.1 Å². The summed E-state index contributed by atoms with van der Waals surface area (Å²) in [6.45, 7) is -0.0427. The number of carbonyl (C=O) groups is 1. The first-order valence-electron chi connectivity index (χ1n) is 7.20. The Morgan fingerprint density at radius 2 is 1.86 bits per heavy atom. The number of rotatable bonds is 5. The average molecular weight is 292 g/mol. The normalized spacial score (nSPS) is 17.2. The summed E-state index contributed by atoms with van der Waals surface area (Å²) in [5, 5.41) is 23.1. The van der Waals surface area contributed by atoms with Crippen LogP contribution in [-0.2, 0) is 11.2 Å². The number of non-ortho nitro benzene ring substituents is 1. The Balaban J connectivity index is 1.95. The molecule has 1 aromatic rings. The fraction of sp³-hybridized carbons (Fsp3) is 0.533. The van der Waals surface area contributed by atoms with Crippen molar-refractivity contribution >= 4 is 11.6 Å². The predicted octanol–water partition coefficient (Wildman–Crippen LogP) is 1.95. The standard InChI is InChI=1S/C15H20N2O4/c18-11-15(8-2-1-3-9-15)16-14(19)10-12-4-6-13(7-5-12)17(20)21/h4-7,18H,1-3,8-11H2,(H,16,19). The lowest BCUT2D eigenvalue weighted by Gasteiger charge is -2.36. The van der Waals surface area contributed by atoms with E-state index in [1.54, 1.807) is 12.1 Å². The first-order valence-corrected chi connectivity index (χ1v) is 7.20. The highest BCUT2D eigenvalue weighted by molar-refractivity contribution is 5.79. The van der Waals surface area contributed by atoms with Gasteiger partial charge in [0.2, 0.25) is 5.91 Å². The Hall–Kier alpha value is -1.95. The lowest BCUT2D eigenvalue weighted by Crippen LogP contribution is -2.52. The maximum atomic E-state index is 12.1. The zero-order valence-electron chi connectivity index (χ0n) is 11.9. The van der Waals surface area contributed by atoms with Gasteiger partial charge in [-0.2, -0.15) is 0 Å². The van der Waals surface area contributed by atoms with E-state index in [0.29, 0.717) is 0 Å². The fourth-order valence-electron chi connectivity index (χ4n) is 2.81. The Morgan fingerprint density at radius 3 is 2.38 bits per heavy atom. The second-order valence-electron chi connectivity index (χ2n) is 5.65. The van der Waals surface area contributed by atoms with E-state index in [1.165, 1.54) is 12.1 Å². The fourth-order valence-corrected chi connectivity index (χ4v) is 2.81. The number of benzene rings is 1. The van der Waals surface area contributed by atoms with Crippen molar-refractivity contribution in [3.63, 3.8) is 0 Å². The van der Waals surface area contributed by atoms with E-state index in [-0.39, 0.29) is 24.6 Å². The van der Waals surface area contributed by atoms with Gasteiger partial charge in [-0.05, 0) is 18.4 Å². The van der Waals surface area contributed by atoms with Gasteiger partial charge in [0.05, 0.1) is 23.5 Å². The van der Waals surface area contributed by atoms with E-state index in [2.05, 4.69) is 5.32 Å². The Morgan fingerprint density at radius 1 is 1.24 bits per heavy atom. The maximum absolute atomic E-state index is 12.1. The summed E-state index contributed by atoms with van der Waals surface area (Å²) in [5.74, 6) is -0.153. The molecule has 1 fully saturated rings. The zero-order chi connectivity index (χ0) is 15.3. The second-order valence-corrected chi connectivity index (χ2v) is 5.65. The van der Waals surface area contributed by atoms with Gasteiger partial charge in [0.15, 0.2) is 0 Å². The van der Waals surface area contributed by atoms with Crippen LogP contribution in [0.4, 0.5) is 5.69 Å². The van der Waals surface area contributed by atoms with Crippen LogP contribution in [0.2, 0.25) is 0 Å². The van der Waals surface area contributed by atoms with Gasteiger partial charge >= 0.3 is 0 Å². The molecule has 0 radical (unpaired) electrons. The van der Waals surface area contributed by atoms with Crippen molar-refractivity contribution in [1.82, 2.24) is 5.32 Å². The summed E-state index contributed by atoms with van der Waals surface area (Å²) in [7, 11) is 0. The molecule has 1 saturated carbocycles. The van der Waals surface area contributed by atoms with Crippen LogP contribution >= 0.6 is 0 Å². The molecule has 0 spiro atoms. The van der Waals surface area contributed by atoms with E-state index in [0.717, 1.165) is 37.7 Å². The van der Waals surface area contributed by atoms with Crippen molar-refractivity contribution in [2.75, 3.05) is 6.61 Å². The quantitative estimate of drug-likeness (QED) is 0.641. The van der Waals surface area contributed by atoms with E-state index in [4.69, 9.17) is 0 Å². The molecule has 0 atom stereocenters. The number of hydrogen-bond acceptors (Lipinski definition) is 4. The van der Waals surface area contributed by atoms with Crippen LogP contribution in [0.15, 0.2) is 24.3 Å². The third-order valence-corrected chi connectivity index (χ3v) is 4.03. The Bertz CT molecular complexity index is 507.